The molecule has 2 unspecified atom stereocenters. The van der Waals surface area contributed by atoms with Crippen LogP contribution in [0.1, 0.15) is 24.3 Å². The molecule has 3 rings (SSSR count). The standard InChI is InChI=1S/C12H14BrN.C2HF3O/c13-10-3-1-9(2-4-10)11-7-12(11)5-6-14-8-12;3-2(4,5)1-6/h1-4,11,14H,5-8H2;1H. The smallest absolute Gasteiger partial charge is 0.316 e. The van der Waals surface area contributed by atoms with Crippen LogP contribution in [0.4, 0.5) is 13.2 Å². The van der Waals surface area contributed by atoms with Gasteiger partial charge in [-0.25, -0.2) is 0 Å². The summed E-state index contributed by atoms with van der Waals surface area (Å²) >= 11 is 3.48. The highest BCUT2D eigenvalue weighted by molar-refractivity contribution is 9.10. The van der Waals surface area contributed by atoms with E-state index in [2.05, 4.69) is 45.5 Å². The summed E-state index contributed by atoms with van der Waals surface area (Å²) in [6.45, 7) is 2.45. The summed E-state index contributed by atoms with van der Waals surface area (Å²) in [5.74, 6) is 0.825. The molecule has 1 aliphatic heterocycles. The van der Waals surface area contributed by atoms with Gasteiger partial charge in [0.2, 0.25) is 6.29 Å². The van der Waals surface area contributed by atoms with Gasteiger partial charge in [0.05, 0.1) is 0 Å². The minimum Gasteiger partial charge on any atom is -0.316 e. The van der Waals surface area contributed by atoms with E-state index in [9.17, 15) is 13.2 Å². The maximum absolute atomic E-state index is 10.4. The molecular formula is C14H15BrF3NO. The number of carbonyl (C=O) groups is 1. The van der Waals surface area contributed by atoms with Crippen molar-refractivity contribution in [1.29, 1.82) is 0 Å². The van der Waals surface area contributed by atoms with Crippen molar-refractivity contribution in [2.75, 3.05) is 13.1 Å². The molecule has 1 saturated carbocycles. The predicted molar refractivity (Wildman–Crippen MR) is 73.5 cm³/mol. The third-order valence-electron chi connectivity index (χ3n) is 3.87. The molecule has 2 atom stereocenters. The maximum Gasteiger partial charge on any atom is 0.446 e. The first kappa shape index (κ1) is 15.5. The van der Waals surface area contributed by atoms with E-state index in [1.165, 1.54) is 36.0 Å². The SMILES string of the molecule is Brc1ccc(C2CC23CCNC3)cc1.O=CC(F)(F)F. The van der Waals surface area contributed by atoms with Crippen LogP contribution in [0.25, 0.3) is 0 Å². The van der Waals surface area contributed by atoms with E-state index in [4.69, 9.17) is 4.79 Å². The number of alkyl halides is 3. The number of hydrogen-bond donors (Lipinski definition) is 1. The third kappa shape index (κ3) is 3.82. The van der Waals surface area contributed by atoms with E-state index in [1.807, 2.05) is 0 Å². The third-order valence-corrected chi connectivity index (χ3v) is 4.40. The lowest BCUT2D eigenvalue weighted by atomic mass is 9.98. The summed E-state index contributed by atoms with van der Waals surface area (Å²) in [5, 5.41) is 3.48. The van der Waals surface area contributed by atoms with Crippen molar-refractivity contribution in [1.82, 2.24) is 5.32 Å². The minimum absolute atomic E-state index is 0.633. The zero-order valence-electron chi connectivity index (χ0n) is 10.7. The lowest BCUT2D eigenvalue weighted by Gasteiger charge is -2.07. The molecule has 6 heteroatoms. The number of nitrogens with one attached hydrogen (secondary N) is 1. The summed E-state index contributed by atoms with van der Waals surface area (Å²) in [6.07, 6.45) is -2.94. The molecule has 1 aliphatic carbocycles. The van der Waals surface area contributed by atoms with Crippen LogP contribution in [-0.4, -0.2) is 25.6 Å². The Bertz CT molecular complexity index is 466. The molecule has 1 aromatic carbocycles. The topological polar surface area (TPSA) is 29.1 Å². The Hall–Kier alpha value is -0.880. The van der Waals surface area contributed by atoms with E-state index in [1.54, 1.807) is 0 Å². The van der Waals surface area contributed by atoms with Gasteiger partial charge in [0.25, 0.3) is 0 Å². The van der Waals surface area contributed by atoms with Gasteiger partial charge >= 0.3 is 6.18 Å². The van der Waals surface area contributed by atoms with E-state index >= 15 is 0 Å². The summed E-state index contributed by atoms with van der Waals surface area (Å²) in [5.41, 5.74) is 2.16. The molecule has 1 saturated heterocycles. The largest absolute Gasteiger partial charge is 0.446 e. The van der Waals surface area contributed by atoms with Crippen molar-refractivity contribution < 1.29 is 18.0 Å². The van der Waals surface area contributed by atoms with Gasteiger partial charge in [-0.15, -0.1) is 0 Å². The lowest BCUT2D eigenvalue weighted by Crippen LogP contribution is -2.10. The molecule has 2 fully saturated rings. The highest BCUT2D eigenvalue weighted by Gasteiger charge is 2.55. The molecule has 1 heterocycles. The molecular weight excluding hydrogens is 335 g/mol. The fraction of sp³-hybridized carbons (Fsp3) is 0.500. The van der Waals surface area contributed by atoms with Gasteiger partial charge in [-0.2, -0.15) is 13.2 Å². The fourth-order valence-corrected chi connectivity index (χ4v) is 3.01. The van der Waals surface area contributed by atoms with Crippen molar-refractivity contribution in [2.24, 2.45) is 5.41 Å². The zero-order valence-corrected chi connectivity index (χ0v) is 12.3. The monoisotopic (exact) mass is 349 g/mol. The van der Waals surface area contributed by atoms with E-state index in [0.717, 1.165) is 5.92 Å². The average molecular weight is 350 g/mol. The van der Waals surface area contributed by atoms with Gasteiger partial charge < -0.3 is 5.32 Å². The van der Waals surface area contributed by atoms with Crippen LogP contribution < -0.4 is 5.32 Å². The Kier molecular flexibility index (Phi) is 4.54. The molecule has 1 spiro atoms. The van der Waals surface area contributed by atoms with Crippen molar-refractivity contribution >= 4 is 22.2 Å². The number of hydrogen-bond acceptors (Lipinski definition) is 2. The second-order valence-corrected chi connectivity index (χ2v) is 6.17. The first-order valence-corrected chi connectivity index (χ1v) is 7.15. The van der Waals surface area contributed by atoms with Gasteiger partial charge in [0.15, 0.2) is 0 Å². The molecule has 0 radical (unpaired) electrons. The predicted octanol–water partition coefficient (Wildman–Crippen LogP) is 3.66. The summed E-state index contributed by atoms with van der Waals surface area (Å²) in [6, 6.07) is 8.84. The van der Waals surface area contributed by atoms with E-state index in [0.29, 0.717) is 5.41 Å². The van der Waals surface area contributed by atoms with E-state index in [-0.39, 0.29) is 0 Å². The first-order valence-electron chi connectivity index (χ1n) is 6.36. The van der Waals surface area contributed by atoms with Crippen molar-refractivity contribution in [3.8, 4) is 0 Å². The molecule has 110 valence electrons. The molecule has 0 aromatic heterocycles. The highest BCUT2D eigenvalue weighted by Crippen LogP contribution is 2.62. The second-order valence-electron chi connectivity index (χ2n) is 5.26. The Morgan fingerprint density at radius 3 is 2.35 bits per heavy atom. The number of rotatable bonds is 1. The van der Waals surface area contributed by atoms with Gasteiger partial charge in [-0.05, 0) is 48.4 Å². The second kappa shape index (κ2) is 5.85. The Balaban J connectivity index is 0.000000212. The number of halogens is 4. The molecule has 0 amide bonds. The summed E-state index contributed by atoms with van der Waals surface area (Å²) in [7, 11) is 0. The van der Waals surface area contributed by atoms with Crippen molar-refractivity contribution in [2.45, 2.75) is 24.9 Å². The molecule has 1 aromatic rings. The molecule has 20 heavy (non-hydrogen) atoms. The number of aldehydes is 1. The van der Waals surface area contributed by atoms with Crippen molar-refractivity contribution in [3.63, 3.8) is 0 Å². The van der Waals surface area contributed by atoms with Crippen LogP contribution in [-0.2, 0) is 4.79 Å². The first-order chi connectivity index (χ1) is 9.36. The zero-order chi connectivity index (χ0) is 14.8. The Labute approximate surface area is 123 Å². The Morgan fingerprint density at radius 2 is 1.90 bits per heavy atom. The quantitative estimate of drug-likeness (QED) is 0.784. The molecule has 1 N–H and O–H groups in total. The van der Waals surface area contributed by atoms with E-state index < -0.39 is 12.5 Å². The average Bonchev–Trinajstić information content (AvgIpc) is 2.88. The minimum atomic E-state index is -4.64. The van der Waals surface area contributed by atoms with Crippen LogP contribution >= 0.6 is 15.9 Å². The maximum atomic E-state index is 10.4. The molecule has 0 bridgehead atoms. The van der Waals surface area contributed by atoms with Crippen LogP contribution in [0.2, 0.25) is 0 Å². The normalized spacial score (nSPS) is 27.9. The van der Waals surface area contributed by atoms with Crippen molar-refractivity contribution in [3.05, 3.63) is 34.3 Å². The van der Waals surface area contributed by atoms with Gasteiger partial charge in [-0.1, -0.05) is 28.1 Å². The summed E-state index contributed by atoms with van der Waals surface area (Å²) < 4.78 is 32.4. The lowest BCUT2D eigenvalue weighted by molar-refractivity contribution is -0.156. The number of carbonyl (C=O) groups excluding carboxylic acids is 1. The van der Waals surface area contributed by atoms with Crippen LogP contribution in [0, 0.1) is 5.41 Å². The van der Waals surface area contributed by atoms with Gasteiger partial charge in [0.1, 0.15) is 0 Å². The summed E-state index contributed by atoms with van der Waals surface area (Å²) in [4.78, 5) is 8.70. The van der Waals surface area contributed by atoms with Crippen LogP contribution in [0.15, 0.2) is 28.7 Å². The van der Waals surface area contributed by atoms with Crippen LogP contribution in [0.3, 0.4) is 0 Å². The molecule has 2 aliphatic rings. The fourth-order valence-electron chi connectivity index (χ4n) is 2.75. The highest BCUT2D eigenvalue weighted by atomic mass is 79.9. The Morgan fingerprint density at radius 1 is 1.30 bits per heavy atom. The van der Waals surface area contributed by atoms with Crippen LogP contribution in [0.5, 0.6) is 0 Å². The van der Waals surface area contributed by atoms with Gasteiger partial charge in [0, 0.05) is 11.0 Å². The molecule has 2 nitrogen and oxygen atoms in total. The van der Waals surface area contributed by atoms with Gasteiger partial charge in [-0.3, -0.25) is 4.79 Å². The number of benzene rings is 1.